The van der Waals surface area contributed by atoms with Gasteiger partial charge >= 0.3 is 0 Å². The summed E-state index contributed by atoms with van der Waals surface area (Å²) in [7, 11) is 0. The number of rotatable bonds is 2. The van der Waals surface area contributed by atoms with Gasteiger partial charge in [0.15, 0.2) is 0 Å². The van der Waals surface area contributed by atoms with Gasteiger partial charge in [0, 0.05) is 5.75 Å². The molecular weight excluding hydrogens is 136 g/mol. The monoisotopic (exact) mass is 144 g/mol. The molecule has 0 radical (unpaired) electrons. The van der Waals surface area contributed by atoms with Crippen molar-refractivity contribution in [1.29, 1.82) is 0 Å². The van der Waals surface area contributed by atoms with Crippen LogP contribution in [-0.4, -0.2) is 11.2 Å². The van der Waals surface area contributed by atoms with Crippen LogP contribution in [0.25, 0.3) is 0 Å². The lowest BCUT2D eigenvalue weighted by Crippen LogP contribution is -1.84. The van der Waals surface area contributed by atoms with E-state index in [4.69, 9.17) is 10.2 Å². The third-order valence-electron chi connectivity index (χ3n) is 0.862. The molecule has 1 rings (SSSR count). The normalized spacial score (nSPS) is 9.89. The summed E-state index contributed by atoms with van der Waals surface area (Å²) in [5.41, 5.74) is 6.12. The zero-order chi connectivity index (χ0) is 6.69. The minimum Gasteiger partial charge on any atom is -0.432 e. The van der Waals surface area contributed by atoms with Crippen LogP contribution in [0.4, 0.5) is 6.01 Å². The molecule has 0 saturated heterocycles. The van der Waals surface area contributed by atoms with Gasteiger partial charge in [-0.3, -0.25) is 0 Å². The van der Waals surface area contributed by atoms with Gasteiger partial charge in [0.05, 0.1) is 5.69 Å². The van der Waals surface area contributed by atoms with Crippen LogP contribution in [0.1, 0.15) is 5.69 Å². The van der Waals surface area contributed by atoms with Crippen LogP contribution in [0.15, 0.2) is 10.7 Å². The van der Waals surface area contributed by atoms with Crippen LogP contribution >= 0.6 is 11.8 Å². The second-order valence-electron chi connectivity index (χ2n) is 1.61. The molecule has 0 amide bonds. The van der Waals surface area contributed by atoms with Gasteiger partial charge in [-0.1, -0.05) is 0 Å². The maximum Gasteiger partial charge on any atom is 0.292 e. The highest BCUT2D eigenvalue weighted by Crippen LogP contribution is 2.08. The molecule has 0 aromatic carbocycles. The van der Waals surface area contributed by atoms with Crippen LogP contribution in [0, 0.1) is 0 Å². The third-order valence-corrected chi connectivity index (χ3v) is 1.45. The fraction of sp³-hybridized carbons (Fsp3) is 0.400. The molecule has 4 heteroatoms. The summed E-state index contributed by atoms with van der Waals surface area (Å²) in [6.45, 7) is 0. The SMILES string of the molecule is CSCc1coc(N)n1. The predicted molar refractivity (Wildman–Crippen MR) is 38.1 cm³/mol. The Balaban J connectivity index is 2.61. The molecule has 0 aliphatic carbocycles. The Bertz CT molecular complexity index is 187. The van der Waals surface area contributed by atoms with Crippen LogP contribution in [0.2, 0.25) is 0 Å². The summed E-state index contributed by atoms with van der Waals surface area (Å²) in [5.74, 6) is 0.862. The number of oxazole rings is 1. The first kappa shape index (κ1) is 6.48. The average Bonchev–Trinajstić information content (AvgIpc) is 2.17. The molecular formula is C5H8N2OS. The highest BCUT2D eigenvalue weighted by Gasteiger charge is 1.96. The molecule has 0 bridgehead atoms. The van der Waals surface area contributed by atoms with E-state index in [1.807, 2.05) is 6.26 Å². The zero-order valence-electron chi connectivity index (χ0n) is 5.13. The molecule has 3 nitrogen and oxygen atoms in total. The highest BCUT2D eigenvalue weighted by molar-refractivity contribution is 7.97. The molecule has 1 aromatic rings. The van der Waals surface area contributed by atoms with E-state index in [2.05, 4.69) is 4.98 Å². The number of nitrogens with two attached hydrogens (primary N) is 1. The van der Waals surface area contributed by atoms with Gasteiger partial charge in [0.25, 0.3) is 6.01 Å². The summed E-state index contributed by atoms with van der Waals surface area (Å²) in [5, 5.41) is 0. The van der Waals surface area contributed by atoms with Crippen molar-refractivity contribution in [1.82, 2.24) is 4.98 Å². The lowest BCUT2D eigenvalue weighted by atomic mass is 10.6. The van der Waals surface area contributed by atoms with Crippen molar-refractivity contribution >= 4 is 17.8 Å². The lowest BCUT2D eigenvalue weighted by Gasteiger charge is -1.83. The Hall–Kier alpha value is -0.640. The summed E-state index contributed by atoms with van der Waals surface area (Å²) in [4.78, 5) is 3.89. The topological polar surface area (TPSA) is 52.0 Å². The van der Waals surface area contributed by atoms with Gasteiger partial charge in [-0.2, -0.15) is 16.7 Å². The van der Waals surface area contributed by atoms with Crippen molar-refractivity contribution in [2.24, 2.45) is 0 Å². The van der Waals surface area contributed by atoms with Gasteiger partial charge < -0.3 is 10.2 Å². The van der Waals surface area contributed by atoms with E-state index < -0.39 is 0 Å². The van der Waals surface area contributed by atoms with Gasteiger partial charge in [0.2, 0.25) is 0 Å². The average molecular weight is 144 g/mol. The van der Waals surface area contributed by atoms with Crippen molar-refractivity contribution < 1.29 is 4.42 Å². The van der Waals surface area contributed by atoms with Crippen molar-refractivity contribution in [3.63, 3.8) is 0 Å². The Kier molecular flexibility index (Phi) is 2.00. The molecule has 1 aromatic heterocycles. The predicted octanol–water partition coefficient (Wildman–Crippen LogP) is 1.12. The first-order valence-corrected chi connectivity index (χ1v) is 3.91. The number of thioether (sulfide) groups is 1. The lowest BCUT2D eigenvalue weighted by molar-refractivity contribution is 0.579. The fourth-order valence-corrected chi connectivity index (χ4v) is 0.965. The largest absolute Gasteiger partial charge is 0.432 e. The number of anilines is 1. The Labute approximate surface area is 57.6 Å². The zero-order valence-corrected chi connectivity index (χ0v) is 5.94. The molecule has 1 heterocycles. The molecule has 0 saturated carbocycles. The number of aromatic nitrogens is 1. The molecule has 0 aliphatic heterocycles. The molecule has 0 fully saturated rings. The smallest absolute Gasteiger partial charge is 0.292 e. The summed E-state index contributed by atoms with van der Waals surface area (Å²) >= 11 is 1.69. The number of nitrogen functional groups attached to an aromatic ring is 1. The first-order valence-electron chi connectivity index (χ1n) is 2.51. The van der Waals surface area contributed by atoms with E-state index in [1.165, 1.54) is 0 Å². The van der Waals surface area contributed by atoms with Crippen LogP contribution in [-0.2, 0) is 5.75 Å². The first-order chi connectivity index (χ1) is 4.33. The minimum absolute atomic E-state index is 0.249. The number of hydrogen-bond acceptors (Lipinski definition) is 4. The third kappa shape index (κ3) is 1.64. The number of nitrogens with zero attached hydrogens (tertiary/aromatic N) is 1. The fourth-order valence-electron chi connectivity index (χ4n) is 0.537. The quantitative estimate of drug-likeness (QED) is 0.675. The molecule has 50 valence electrons. The van der Waals surface area contributed by atoms with Gasteiger partial charge in [0.1, 0.15) is 6.26 Å². The standard InChI is InChI=1S/C5H8N2OS/c1-9-3-4-2-8-5(6)7-4/h2H,3H2,1H3,(H2,6,7). The van der Waals surface area contributed by atoms with Crippen molar-refractivity contribution in [3.8, 4) is 0 Å². The van der Waals surface area contributed by atoms with E-state index >= 15 is 0 Å². The molecule has 2 N–H and O–H groups in total. The molecule has 0 aliphatic rings. The van der Waals surface area contributed by atoms with Gasteiger partial charge in [-0.05, 0) is 6.26 Å². The van der Waals surface area contributed by atoms with E-state index in [9.17, 15) is 0 Å². The summed E-state index contributed by atoms with van der Waals surface area (Å²) < 4.78 is 4.77. The second kappa shape index (κ2) is 2.77. The van der Waals surface area contributed by atoms with Crippen LogP contribution in [0.5, 0.6) is 0 Å². The van der Waals surface area contributed by atoms with E-state index in [0.29, 0.717) is 0 Å². The molecule has 9 heavy (non-hydrogen) atoms. The maximum atomic E-state index is 5.22. The second-order valence-corrected chi connectivity index (χ2v) is 2.48. The summed E-state index contributed by atoms with van der Waals surface area (Å²) in [6, 6.07) is 0.249. The minimum atomic E-state index is 0.249. The van der Waals surface area contributed by atoms with Crippen LogP contribution < -0.4 is 5.73 Å². The van der Waals surface area contributed by atoms with Crippen molar-refractivity contribution in [3.05, 3.63) is 12.0 Å². The molecule has 0 spiro atoms. The van der Waals surface area contributed by atoms with E-state index in [-0.39, 0.29) is 6.01 Å². The summed E-state index contributed by atoms with van der Waals surface area (Å²) in [6.07, 6.45) is 3.58. The maximum absolute atomic E-state index is 5.22. The number of hydrogen-bond donors (Lipinski definition) is 1. The van der Waals surface area contributed by atoms with Crippen molar-refractivity contribution in [2.45, 2.75) is 5.75 Å². The van der Waals surface area contributed by atoms with Gasteiger partial charge in [-0.25, -0.2) is 0 Å². The Morgan fingerprint density at radius 2 is 2.67 bits per heavy atom. The van der Waals surface area contributed by atoms with E-state index in [0.717, 1.165) is 11.4 Å². The van der Waals surface area contributed by atoms with E-state index in [1.54, 1.807) is 18.0 Å². The molecule has 0 atom stereocenters. The van der Waals surface area contributed by atoms with Crippen molar-refractivity contribution in [2.75, 3.05) is 12.0 Å². The highest BCUT2D eigenvalue weighted by atomic mass is 32.2. The van der Waals surface area contributed by atoms with Gasteiger partial charge in [-0.15, -0.1) is 0 Å². The Morgan fingerprint density at radius 3 is 3.11 bits per heavy atom. The van der Waals surface area contributed by atoms with Crippen LogP contribution in [0.3, 0.4) is 0 Å². The Morgan fingerprint density at radius 1 is 1.89 bits per heavy atom. The molecule has 0 unspecified atom stereocenters.